The molecule has 0 spiro atoms. The maximum atomic E-state index is 11.9. The summed E-state index contributed by atoms with van der Waals surface area (Å²) in [5, 5.41) is 10.4. The Morgan fingerprint density at radius 3 is 2.74 bits per heavy atom. The number of rotatable bonds is 0. The van der Waals surface area contributed by atoms with Crippen LogP contribution in [0.2, 0.25) is 0 Å². The summed E-state index contributed by atoms with van der Waals surface area (Å²) in [7, 11) is 0. The molecular formula is C15H14O4. The van der Waals surface area contributed by atoms with E-state index in [1.54, 1.807) is 19.1 Å². The van der Waals surface area contributed by atoms with Gasteiger partial charge in [-0.3, -0.25) is 4.79 Å². The van der Waals surface area contributed by atoms with E-state index >= 15 is 0 Å². The van der Waals surface area contributed by atoms with Crippen LogP contribution in [0.5, 0.6) is 11.5 Å². The summed E-state index contributed by atoms with van der Waals surface area (Å²) in [4.78, 5) is 11.9. The van der Waals surface area contributed by atoms with E-state index in [-0.39, 0.29) is 16.6 Å². The van der Waals surface area contributed by atoms with E-state index in [9.17, 15) is 9.90 Å². The molecular weight excluding hydrogens is 244 g/mol. The molecule has 2 heterocycles. The SMILES string of the molecule is Cc1cc(=O)c2c(O)c3c(cc2o1)OC(C)(C)C=C3. The molecule has 0 radical (unpaired) electrons. The van der Waals surface area contributed by atoms with Gasteiger partial charge in [0.25, 0.3) is 0 Å². The summed E-state index contributed by atoms with van der Waals surface area (Å²) in [6, 6.07) is 3.02. The Bertz CT molecular complexity index is 766. The molecule has 4 heteroatoms. The minimum atomic E-state index is -0.447. The van der Waals surface area contributed by atoms with Crippen molar-refractivity contribution in [1.82, 2.24) is 0 Å². The van der Waals surface area contributed by atoms with Crippen LogP contribution in [0.1, 0.15) is 25.2 Å². The van der Waals surface area contributed by atoms with Gasteiger partial charge in [0.2, 0.25) is 0 Å². The summed E-state index contributed by atoms with van der Waals surface area (Å²) in [6.45, 7) is 5.53. The van der Waals surface area contributed by atoms with Crippen molar-refractivity contribution in [3.63, 3.8) is 0 Å². The predicted molar refractivity (Wildman–Crippen MR) is 72.6 cm³/mol. The van der Waals surface area contributed by atoms with E-state index in [0.29, 0.717) is 22.7 Å². The molecule has 0 bridgehead atoms. The van der Waals surface area contributed by atoms with Gasteiger partial charge in [0.1, 0.15) is 33.8 Å². The summed E-state index contributed by atoms with van der Waals surface area (Å²) in [5.41, 5.74) is 0.157. The fourth-order valence-electron chi connectivity index (χ4n) is 2.26. The van der Waals surface area contributed by atoms with Crippen molar-refractivity contribution in [3.8, 4) is 11.5 Å². The molecule has 0 saturated heterocycles. The molecule has 1 N–H and O–H groups in total. The normalized spacial score (nSPS) is 16.2. The quantitative estimate of drug-likeness (QED) is 0.789. The topological polar surface area (TPSA) is 59.7 Å². The third-order valence-electron chi connectivity index (χ3n) is 3.14. The highest BCUT2D eigenvalue weighted by atomic mass is 16.5. The van der Waals surface area contributed by atoms with E-state index in [2.05, 4.69) is 0 Å². The zero-order valence-corrected chi connectivity index (χ0v) is 11.0. The second kappa shape index (κ2) is 3.63. The van der Waals surface area contributed by atoms with Gasteiger partial charge in [0, 0.05) is 12.1 Å². The van der Waals surface area contributed by atoms with Crippen LogP contribution in [-0.4, -0.2) is 10.7 Å². The van der Waals surface area contributed by atoms with Crippen LogP contribution < -0.4 is 10.2 Å². The number of phenolic OH excluding ortho intramolecular Hbond substituents is 1. The molecule has 0 amide bonds. The Morgan fingerprint density at radius 2 is 2.00 bits per heavy atom. The van der Waals surface area contributed by atoms with Crippen LogP contribution in [0.3, 0.4) is 0 Å². The van der Waals surface area contributed by atoms with Crippen molar-refractivity contribution < 1.29 is 14.3 Å². The fourth-order valence-corrected chi connectivity index (χ4v) is 2.26. The first-order valence-electron chi connectivity index (χ1n) is 6.06. The van der Waals surface area contributed by atoms with Gasteiger partial charge in [-0.15, -0.1) is 0 Å². The van der Waals surface area contributed by atoms with Gasteiger partial charge < -0.3 is 14.3 Å². The molecule has 3 rings (SSSR count). The molecule has 0 aliphatic carbocycles. The smallest absolute Gasteiger partial charge is 0.196 e. The lowest BCUT2D eigenvalue weighted by atomic mass is 10.00. The van der Waals surface area contributed by atoms with Gasteiger partial charge >= 0.3 is 0 Å². The largest absolute Gasteiger partial charge is 0.506 e. The van der Waals surface area contributed by atoms with Crippen LogP contribution in [0, 0.1) is 6.92 Å². The third kappa shape index (κ3) is 1.80. The number of aryl methyl sites for hydroxylation is 1. The number of hydrogen-bond acceptors (Lipinski definition) is 4. The second-order valence-corrected chi connectivity index (χ2v) is 5.27. The highest BCUT2D eigenvalue weighted by Crippen LogP contribution is 2.40. The number of ether oxygens (including phenoxy) is 1. The zero-order chi connectivity index (χ0) is 13.8. The molecule has 1 aliphatic rings. The number of aromatic hydroxyl groups is 1. The molecule has 98 valence electrons. The Morgan fingerprint density at radius 1 is 1.26 bits per heavy atom. The Hall–Kier alpha value is -2.23. The van der Waals surface area contributed by atoms with Crippen molar-refractivity contribution in [2.75, 3.05) is 0 Å². The summed E-state index contributed by atoms with van der Waals surface area (Å²) >= 11 is 0. The van der Waals surface area contributed by atoms with Gasteiger partial charge in [0.15, 0.2) is 5.43 Å². The number of phenols is 1. The predicted octanol–water partition coefficient (Wildman–Crippen LogP) is 2.99. The van der Waals surface area contributed by atoms with Gasteiger partial charge in [-0.1, -0.05) is 0 Å². The Labute approximate surface area is 109 Å². The Balaban J connectivity index is 2.40. The average Bonchev–Trinajstić information content (AvgIpc) is 2.25. The Kier molecular flexibility index (Phi) is 2.26. The van der Waals surface area contributed by atoms with E-state index in [4.69, 9.17) is 9.15 Å². The van der Waals surface area contributed by atoms with Crippen LogP contribution in [0.15, 0.2) is 27.4 Å². The van der Waals surface area contributed by atoms with E-state index in [0.717, 1.165) is 0 Å². The summed E-state index contributed by atoms with van der Waals surface area (Å²) < 4.78 is 11.3. The fraction of sp³-hybridized carbons (Fsp3) is 0.267. The molecule has 19 heavy (non-hydrogen) atoms. The second-order valence-electron chi connectivity index (χ2n) is 5.27. The van der Waals surface area contributed by atoms with Crippen molar-refractivity contribution >= 4 is 17.0 Å². The highest BCUT2D eigenvalue weighted by Gasteiger charge is 2.25. The van der Waals surface area contributed by atoms with Gasteiger partial charge in [-0.2, -0.15) is 0 Å². The molecule has 0 saturated carbocycles. The molecule has 1 aromatic heterocycles. The molecule has 2 aromatic rings. The minimum Gasteiger partial charge on any atom is -0.506 e. The number of fused-ring (bicyclic) bond motifs is 2. The minimum absolute atomic E-state index is 0.0898. The number of hydrogen-bond donors (Lipinski definition) is 1. The van der Waals surface area contributed by atoms with Gasteiger partial charge in [-0.25, -0.2) is 0 Å². The van der Waals surface area contributed by atoms with Crippen molar-refractivity contribution in [3.05, 3.63) is 39.8 Å². The molecule has 1 aliphatic heterocycles. The summed E-state index contributed by atoms with van der Waals surface area (Å²) in [5.74, 6) is 0.932. The molecule has 4 nitrogen and oxygen atoms in total. The highest BCUT2D eigenvalue weighted by molar-refractivity contribution is 5.90. The van der Waals surface area contributed by atoms with E-state index < -0.39 is 5.60 Å². The first-order chi connectivity index (χ1) is 8.87. The van der Waals surface area contributed by atoms with Crippen molar-refractivity contribution in [2.24, 2.45) is 0 Å². The van der Waals surface area contributed by atoms with Crippen LogP contribution in [-0.2, 0) is 0 Å². The van der Waals surface area contributed by atoms with Crippen molar-refractivity contribution in [1.29, 1.82) is 0 Å². The first kappa shape index (κ1) is 11.8. The lowest BCUT2D eigenvalue weighted by molar-refractivity contribution is 0.158. The lowest BCUT2D eigenvalue weighted by Crippen LogP contribution is -2.27. The monoisotopic (exact) mass is 258 g/mol. The zero-order valence-electron chi connectivity index (χ0n) is 11.0. The van der Waals surface area contributed by atoms with Crippen LogP contribution >= 0.6 is 0 Å². The maximum absolute atomic E-state index is 11.9. The lowest BCUT2D eigenvalue weighted by Gasteiger charge is -2.28. The molecule has 0 fully saturated rings. The van der Waals surface area contributed by atoms with Gasteiger partial charge in [0.05, 0.1) is 5.56 Å². The third-order valence-corrected chi connectivity index (χ3v) is 3.14. The number of benzene rings is 1. The average molecular weight is 258 g/mol. The van der Waals surface area contributed by atoms with Gasteiger partial charge in [-0.05, 0) is 32.9 Å². The van der Waals surface area contributed by atoms with Crippen LogP contribution in [0.25, 0.3) is 17.0 Å². The van der Waals surface area contributed by atoms with E-state index in [1.165, 1.54) is 6.07 Å². The molecule has 1 aromatic carbocycles. The molecule has 0 atom stereocenters. The summed E-state index contributed by atoms with van der Waals surface area (Å²) in [6.07, 6.45) is 3.61. The van der Waals surface area contributed by atoms with Crippen LogP contribution in [0.4, 0.5) is 0 Å². The molecule has 0 unspecified atom stereocenters. The standard InChI is InChI=1S/C15H14O4/c1-8-6-10(16)13-12(18-8)7-11-9(14(13)17)4-5-15(2,3)19-11/h4-7,17H,1-3H3. The van der Waals surface area contributed by atoms with E-state index in [1.807, 2.05) is 19.9 Å². The van der Waals surface area contributed by atoms with Crippen molar-refractivity contribution in [2.45, 2.75) is 26.4 Å². The maximum Gasteiger partial charge on any atom is 0.196 e. The first-order valence-corrected chi connectivity index (χ1v) is 6.06.